The minimum atomic E-state index is -1.02. The maximum absolute atomic E-state index is 13.5. The van der Waals surface area contributed by atoms with Gasteiger partial charge in [0.25, 0.3) is 11.6 Å². The molecule has 0 unspecified atom stereocenters. The molecule has 2 amide bonds. The van der Waals surface area contributed by atoms with Crippen LogP contribution in [0.25, 0.3) is 0 Å². The number of carbonyl (C=O) groups excluding carboxylic acids is 2. The summed E-state index contributed by atoms with van der Waals surface area (Å²) in [6, 6.07) is 21.7. The number of hydrogen-bond acceptors (Lipinski definition) is 6. The van der Waals surface area contributed by atoms with Crippen molar-refractivity contribution in [2.75, 3.05) is 9.96 Å². The molecule has 3 aromatic carbocycles. The van der Waals surface area contributed by atoms with Crippen LogP contribution in [-0.4, -0.2) is 22.8 Å². The van der Waals surface area contributed by atoms with Gasteiger partial charge in [-0.05, 0) is 30.7 Å². The van der Waals surface area contributed by atoms with E-state index in [1.165, 1.54) is 22.1 Å². The van der Waals surface area contributed by atoms with Gasteiger partial charge in [-0.1, -0.05) is 54.1 Å². The number of nitro groups is 1. The Kier molecular flexibility index (Phi) is 4.71. The monoisotopic (exact) mass is 429 g/mol. The van der Waals surface area contributed by atoms with Crippen LogP contribution in [0.15, 0.2) is 78.9 Å². The number of rotatable bonds is 4. The zero-order chi connectivity index (χ0) is 22.4. The van der Waals surface area contributed by atoms with Gasteiger partial charge in [0.05, 0.1) is 22.3 Å². The fourth-order valence-electron chi connectivity index (χ4n) is 4.32. The molecule has 2 fully saturated rings. The minimum absolute atomic E-state index is 0.102. The molecule has 0 aliphatic carbocycles. The Bertz CT molecular complexity index is 1210. The van der Waals surface area contributed by atoms with Crippen molar-refractivity contribution in [2.45, 2.75) is 19.1 Å². The number of para-hydroxylation sites is 1. The first kappa shape index (κ1) is 19.9. The lowest BCUT2D eigenvalue weighted by Crippen LogP contribution is -2.37. The number of aryl methyl sites for hydroxylation is 1. The number of hydroxylamine groups is 1. The maximum atomic E-state index is 13.5. The van der Waals surface area contributed by atoms with Gasteiger partial charge in [-0.3, -0.25) is 24.5 Å². The molecule has 0 radical (unpaired) electrons. The third kappa shape index (κ3) is 3.12. The van der Waals surface area contributed by atoms with Crippen LogP contribution < -0.4 is 9.96 Å². The first-order valence-corrected chi connectivity index (χ1v) is 10.2. The van der Waals surface area contributed by atoms with Crippen LogP contribution in [0.1, 0.15) is 17.2 Å². The molecular weight excluding hydrogens is 410 g/mol. The number of benzene rings is 3. The topological polar surface area (TPSA) is 93.0 Å². The van der Waals surface area contributed by atoms with Gasteiger partial charge in [0.1, 0.15) is 5.92 Å². The smallest absolute Gasteiger partial charge is 0.271 e. The highest BCUT2D eigenvalue weighted by Gasteiger charge is 2.60. The van der Waals surface area contributed by atoms with Crippen LogP contribution in [-0.2, 0) is 14.4 Å². The highest BCUT2D eigenvalue weighted by atomic mass is 16.7. The molecule has 2 saturated heterocycles. The standard InChI is InChI=1S/C24H19N3O5/c1-15-10-12-16(13-11-15)21-20-22(24(29)25(23(20)28)17-6-3-2-4-7-17)32-26(21)18-8-5-9-19(14-18)27(30)31/h2-14,20-22H,1H3/t20-,21-,22-/m0/s1. The van der Waals surface area contributed by atoms with E-state index in [-0.39, 0.29) is 11.6 Å². The molecule has 2 aliphatic rings. The van der Waals surface area contributed by atoms with Crippen molar-refractivity contribution in [1.29, 1.82) is 0 Å². The van der Waals surface area contributed by atoms with Crippen molar-refractivity contribution < 1.29 is 19.3 Å². The summed E-state index contributed by atoms with van der Waals surface area (Å²) in [5.74, 6) is -1.59. The van der Waals surface area contributed by atoms with Crippen molar-refractivity contribution in [3.63, 3.8) is 0 Å². The number of anilines is 2. The molecule has 0 N–H and O–H groups in total. The van der Waals surface area contributed by atoms with E-state index in [4.69, 9.17) is 4.84 Å². The second-order valence-corrected chi connectivity index (χ2v) is 7.86. The zero-order valence-electron chi connectivity index (χ0n) is 17.1. The third-order valence-corrected chi connectivity index (χ3v) is 5.84. The second kappa shape index (κ2) is 7.58. The third-order valence-electron chi connectivity index (χ3n) is 5.84. The lowest BCUT2D eigenvalue weighted by Gasteiger charge is -2.28. The van der Waals surface area contributed by atoms with Crippen LogP contribution in [0.3, 0.4) is 0 Å². The fourth-order valence-corrected chi connectivity index (χ4v) is 4.32. The van der Waals surface area contributed by atoms with Crippen LogP contribution in [0, 0.1) is 23.0 Å². The van der Waals surface area contributed by atoms with E-state index in [2.05, 4.69) is 0 Å². The zero-order valence-corrected chi connectivity index (χ0v) is 17.1. The summed E-state index contributed by atoms with van der Waals surface area (Å²) in [5, 5.41) is 12.8. The Morgan fingerprint density at radius 1 is 0.875 bits per heavy atom. The second-order valence-electron chi connectivity index (χ2n) is 7.86. The highest BCUT2D eigenvalue weighted by molar-refractivity contribution is 6.23. The number of fused-ring (bicyclic) bond motifs is 1. The van der Waals surface area contributed by atoms with E-state index in [0.29, 0.717) is 11.4 Å². The van der Waals surface area contributed by atoms with Crippen LogP contribution in [0.5, 0.6) is 0 Å². The summed E-state index contributed by atoms with van der Waals surface area (Å²) < 4.78 is 0. The number of hydrogen-bond donors (Lipinski definition) is 0. The number of carbonyl (C=O) groups is 2. The molecule has 160 valence electrons. The molecule has 3 aromatic rings. The lowest BCUT2D eigenvalue weighted by atomic mass is 9.90. The Morgan fingerprint density at radius 2 is 1.56 bits per heavy atom. The number of non-ortho nitro benzene ring substituents is 1. The van der Waals surface area contributed by atoms with Crippen LogP contribution >= 0.6 is 0 Å². The first-order chi connectivity index (χ1) is 15.5. The fraction of sp³-hybridized carbons (Fsp3) is 0.167. The van der Waals surface area contributed by atoms with E-state index < -0.39 is 28.9 Å². The normalized spacial score (nSPS) is 22.3. The molecule has 8 nitrogen and oxygen atoms in total. The Balaban J connectivity index is 1.60. The van der Waals surface area contributed by atoms with Crippen molar-refractivity contribution in [3.8, 4) is 0 Å². The molecule has 0 aromatic heterocycles. The Labute approximate surface area is 183 Å². The average Bonchev–Trinajstić information content (AvgIpc) is 3.31. The summed E-state index contributed by atoms with van der Waals surface area (Å²) in [7, 11) is 0. The molecule has 2 aliphatic heterocycles. The summed E-state index contributed by atoms with van der Waals surface area (Å²) in [4.78, 5) is 44.7. The molecule has 5 rings (SSSR count). The van der Waals surface area contributed by atoms with Gasteiger partial charge in [-0.25, -0.2) is 9.96 Å². The first-order valence-electron chi connectivity index (χ1n) is 10.2. The molecule has 8 heteroatoms. The summed E-state index contributed by atoms with van der Waals surface area (Å²) in [6.07, 6.45) is -1.02. The maximum Gasteiger partial charge on any atom is 0.271 e. The predicted octanol–water partition coefficient (Wildman–Crippen LogP) is 3.95. The molecule has 0 saturated carbocycles. The van der Waals surface area contributed by atoms with Gasteiger partial charge in [-0.15, -0.1) is 0 Å². The largest absolute Gasteiger partial charge is 0.273 e. The number of nitro benzene ring substituents is 1. The van der Waals surface area contributed by atoms with Gasteiger partial charge in [0.15, 0.2) is 6.10 Å². The Hall–Kier alpha value is -4.04. The predicted molar refractivity (Wildman–Crippen MR) is 117 cm³/mol. The summed E-state index contributed by atoms with van der Waals surface area (Å²) in [6.45, 7) is 1.96. The average molecular weight is 429 g/mol. The molecule has 32 heavy (non-hydrogen) atoms. The van der Waals surface area contributed by atoms with E-state index >= 15 is 0 Å². The minimum Gasteiger partial charge on any atom is -0.273 e. The van der Waals surface area contributed by atoms with E-state index in [0.717, 1.165) is 11.1 Å². The lowest BCUT2D eigenvalue weighted by molar-refractivity contribution is -0.384. The van der Waals surface area contributed by atoms with Gasteiger partial charge in [0.2, 0.25) is 5.91 Å². The molecule has 2 heterocycles. The van der Waals surface area contributed by atoms with Gasteiger partial charge >= 0.3 is 0 Å². The van der Waals surface area contributed by atoms with E-state index in [1.807, 2.05) is 37.3 Å². The molecule has 0 spiro atoms. The Morgan fingerprint density at radius 3 is 2.25 bits per heavy atom. The quantitative estimate of drug-likeness (QED) is 0.354. The van der Waals surface area contributed by atoms with Gasteiger partial charge in [0, 0.05) is 12.1 Å². The highest BCUT2D eigenvalue weighted by Crippen LogP contribution is 2.47. The summed E-state index contributed by atoms with van der Waals surface area (Å²) in [5.41, 5.74) is 2.63. The number of imide groups is 1. The number of nitrogens with zero attached hydrogens (tertiary/aromatic N) is 3. The number of amides is 2. The summed E-state index contributed by atoms with van der Waals surface area (Å²) >= 11 is 0. The van der Waals surface area contributed by atoms with E-state index in [1.54, 1.807) is 36.4 Å². The molecule has 0 bridgehead atoms. The SMILES string of the molecule is Cc1ccc([C@H]2[C@@H]3C(=O)N(c4ccccc4)C(=O)[C@H]3ON2c2cccc([N+](=O)[O-])c2)cc1. The molecule has 3 atom stereocenters. The van der Waals surface area contributed by atoms with Crippen molar-refractivity contribution in [1.82, 2.24) is 0 Å². The van der Waals surface area contributed by atoms with Crippen LogP contribution in [0.4, 0.5) is 17.1 Å². The van der Waals surface area contributed by atoms with Crippen molar-refractivity contribution in [3.05, 3.63) is 100 Å². The molecular formula is C24H19N3O5. The van der Waals surface area contributed by atoms with Gasteiger partial charge in [-0.2, -0.15) is 0 Å². The van der Waals surface area contributed by atoms with E-state index in [9.17, 15) is 19.7 Å². The van der Waals surface area contributed by atoms with Crippen molar-refractivity contribution in [2.24, 2.45) is 5.92 Å². The van der Waals surface area contributed by atoms with Crippen molar-refractivity contribution >= 4 is 28.9 Å². The van der Waals surface area contributed by atoms with Crippen LogP contribution in [0.2, 0.25) is 0 Å². The van der Waals surface area contributed by atoms with Gasteiger partial charge < -0.3 is 0 Å².